The van der Waals surface area contributed by atoms with Gasteiger partial charge < -0.3 is 16.0 Å². The predicted molar refractivity (Wildman–Crippen MR) is 64.2 cm³/mol. The normalized spacial score (nSPS) is 32.4. The van der Waals surface area contributed by atoms with Crippen molar-refractivity contribution in [3.05, 3.63) is 0 Å². The molecule has 4 heteroatoms. The van der Waals surface area contributed by atoms with Crippen molar-refractivity contribution < 1.29 is 4.79 Å². The molecule has 4 nitrogen and oxygen atoms in total. The Bertz CT molecular complexity index is 238. The summed E-state index contributed by atoms with van der Waals surface area (Å²) in [6, 6.07) is 0.0311. The highest BCUT2D eigenvalue weighted by Gasteiger charge is 2.28. The van der Waals surface area contributed by atoms with Crippen LogP contribution in [0.4, 0.5) is 0 Å². The van der Waals surface area contributed by atoms with E-state index in [-0.39, 0.29) is 11.9 Å². The summed E-state index contributed by atoms with van der Waals surface area (Å²) in [5.41, 5.74) is 0. The van der Waals surface area contributed by atoms with Crippen LogP contribution in [0.15, 0.2) is 0 Å². The van der Waals surface area contributed by atoms with Crippen LogP contribution in [-0.2, 0) is 4.79 Å². The molecule has 2 rings (SSSR count). The molecule has 2 atom stereocenters. The van der Waals surface area contributed by atoms with Gasteiger partial charge in [0.05, 0.1) is 6.04 Å². The molecule has 2 fully saturated rings. The summed E-state index contributed by atoms with van der Waals surface area (Å²) >= 11 is 0. The summed E-state index contributed by atoms with van der Waals surface area (Å²) in [5, 5.41) is 9.75. The SMILES string of the molecule is CC1CCNC(=O)C1NCC1CCNCC1. The molecule has 0 saturated carbocycles. The van der Waals surface area contributed by atoms with E-state index in [1.54, 1.807) is 0 Å². The second-order valence-electron chi connectivity index (χ2n) is 5.14. The Kier molecular flexibility index (Phi) is 4.18. The van der Waals surface area contributed by atoms with Crippen molar-refractivity contribution in [2.75, 3.05) is 26.2 Å². The van der Waals surface area contributed by atoms with Gasteiger partial charge in [0.25, 0.3) is 0 Å². The number of carbonyl (C=O) groups excluding carboxylic acids is 1. The molecular formula is C12H23N3O. The van der Waals surface area contributed by atoms with Gasteiger partial charge in [0, 0.05) is 6.54 Å². The average Bonchev–Trinajstić information content (AvgIpc) is 2.30. The summed E-state index contributed by atoms with van der Waals surface area (Å²) in [6.07, 6.45) is 3.56. The van der Waals surface area contributed by atoms with Crippen molar-refractivity contribution in [2.45, 2.75) is 32.2 Å². The zero-order valence-corrected chi connectivity index (χ0v) is 10.1. The van der Waals surface area contributed by atoms with Crippen LogP contribution in [0.3, 0.4) is 0 Å². The lowest BCUT2D eigenvalue weighted by atomic mass is 9.92. The van der Waals surface area contributed by atoms with Crippen LogP contribution in [0, 0.1) is 11.8 Å². The first-order valence-electron chi connectivity index (χ1n) is 6.49. The van der Waals surface area contributed by atoms with Crippen LogP contribution in [0.2, 0.25) is 0 Å². The third kappa shape index (κ3) is 2.95. The number of rotatable bonds is 3. The van der Waals surface area contributed by atoms with E-state index in [9.17, 15) is 4.79 Å². The highest BCUT2D eigenvalue weighted by atomic mass is 16.2. The number of hydrogen-bond donors (Lipinski definition) is 3. The molecule has 0 bridgehead atoms. The summed E-state index contributed by atoms with van der Waals surface area (Å²) in [5.74, 6) is 1.39. The van der Waals surface area contributed by atoms with Gasteiger partial charge in [-0.2, -0.15) is 0 Å². The first-order chi connectivity index (χ1) is 7.77. The van der Waals surface area contributed by atoms with Crippen molar-refractivity contribution in [3.63, 3.8) is 0 Å². The van der Waals surface area contributed by atoms with E-state index >= 15 is 0 Å². The number of hydrogen-bond acceptors (Lipinski definition) is 3. The van der Waals surface area contributed by atoms with Crippen LogP contribution < -0.4 is 16.0 Å². The van der Waals surface area contributed by atoms with Gasteiger partial charge in [0.2, 0.25) is 5.91 Å². The van der Waals surface area contributed by atoms with Gasteiger partial charge in [-0.05, 0) is 50.7 Å². The van der Waals surface area contributed by atoms with Gasteiger partial charge in [-0.3, -0.25) is 4.79 Å². The largest absolute Gasteiger partial charge is 0.355 e. The van der Waals surface area contributed by atoms with E-state index in [2.05, 4.69) is 22.9 Å². The Balaban J connectivity index is 1.76. The van der Waals surface area contributed by atoms with Gasteiger partial charge in [-0.15, -0.1) is 0 Å². The van der Waals surface area contributed by atoms with Gasteiger partial charge in [0.1, 0.15) is 0 Å². The van der Waals surface area contributed by atoms with Gasteiger partial charge >= 0.3 is 0 Å². The van der Waals surface area contributed by atoms with Crippen LogP contribution in [0.25, 0.3) is 0 Å². The van der Waals surface area contributed by atoms with Gasteiger partial charge in [-0.25, -0.2) is 0 Å². The first-order valence-corrected chi connectivity index (χ1v) is 6.49. The number of piperidine rings is 2. The third-order valence-electron chi connectivity index (χ3n) is 3.84. The summed E-state index contributed by atoms with van der Waals surface area (Å²) in [4.78, 5) is 11.7. The Morgan fingerprint density at radius 3 is 2.69 bits per heavy atom. The van der Waals surface area contributed by atoms with Crippen LogP contribution in [0.5, 0.6) is 0 Å². The molecule has 2 aliphatic rings. The fraction of sp³-hybridized carbons (Fsp3) is 0.917. The lowest BCUT2D eigenvalue weighted by molar-refractivity contribution is -0.126. The quantitative estimate of drug-likeness (QED) is 0.638. The van der Waals surface area contributed by atoms with E-state index in [4.69, 9.17) is 0 Å². The summed E-state index contributed by atoms with van der Waals surface area (Å²) < 4.78 is 0. The lowest BCUT2D eigenvalue weighted by Crippen LogP contribution is -2.54. The second-order valence-corrected chi connectivity index (χ2v) is 5.14. The summed E-state index contributed by atoms with van der Waals surface area (Å²) in [7, 11) is 0. The predicted octanol–water partition coefficient (Wildman–Crippen LogP) is 0.100. The molecule has 0 aromatic rings. The van der Waals surface area contributed by atoms with Crippen LogP contribution >= 0.6 is 0 Å². The topological polar surface area (TPSA) is 53.2 Å². The monoisotopic (exact) mass is 225 g/mol. The Hall–Kier alpha value is -0.610. The standard InChI is InChI=1S/C12H23N3O/c1-9-2-7-14-12(16)11(9)15-8-10-3-5-13-6-4-10/h9-11,13,15H,2-8H2,1H3,(H,14,16). The lowest BCUT2D eigenvalue weighted by Gasteiger charge is -2.31. The van der Waals surface area contributed by atoms with E-state index in [1.165, 1.54) is 12.8 Å². The molecule has 0 aliphatic carbocycles. The molecule has 2 heterocycles. The van der Waals surface area contributed by atoms with E-state index in [0.717, 1.165) is 38.5 Å². The molecule has 0 radical (unpaired) electrons. The Morgan fingerprint density at radius 1 is 1.25 bits per heavy atom. The van der Waals surface area contributed by atoms with E-state index in [1.807, 2.05) is 0 Å². The molecular weight excluding hydrogens is 202 g/mol. The van der Waals surface area contributed by atoms with Crippen LogP contribution in [0.1, 0.15) is 26.2 Å². The maximum Gasteiger partial charge on any atom is 0.237 e. The number of amides is 1. The molecule has 0 aromatic heterocycles. The van der Waals surface area contributed by atoms with E-state index in [0.29, 0.717) is 5.92 Å². The second kappa shape index (κ2) is 5.64. The van der Waals surface area contributed by atoms with Crippen molar-refractivity contribution >= 4 is 5.91 Å². The van der Waals surface area contributed by atoms with Crippen molar-refractivity contribution in [1.82, 2.24) is 16.0 Å². The molecule has 2 saturated heterocycles. The maximum absolute atomic E-state index is 11.7. The average molecular weight is 225 g/mol. The molecule has 0 spiro atoms. The first kappa shape index (κ1) is 11.9. The third-order valence-corrected chi connectivity index (χ3v) is 3.84. The zero-order valence-electron chi connectivity index (χ0n) is 10.1. The van der Waals surface area contributed by atoms with Crippen molar-refractivity contribution in [2.24, 2.45) is 11.8 Å². The highest BCUT2D eigenvalue weighted by molar-refractivity contribution is 5.82. The molecule has 2 unspecified atom stereocenters. The van der Waals surface area contributed by atoms with Gasteiger partial charge in [0.15, 0.2) is 0 Å². The maximum atomic E-state index is 11.7. The zero-order chi connectivity index (χ0) is 11.4. The smallest absolute Gasteiger partial charge is 0.237 e. The Labute approximate surface area is 97.6 Å². The minimum Gasteiger partial charge on any atom is -0.355 e. The van der Waals surface area contributed by atoms with Crippen molar-refractivity contribution in [1.29, 1.82) is 0 Å². The molecule has 92 valence electrons. The fourth-order valence-electron chi connectivity index (χ4n) is 2.63. The molecule has 2 aliphatic heterocycles. The minimum atomic E-state index is 0.0311. The van der Waals surface area contributed by atoms with Gasteiger partial charge in [-0.1, -0.05) is 6.92 Å². The Morgan fingerprint density at radius 2 is 2.00 bits per heavy atom. The fourth-order valence-corrected chi connectivity index (χ4v) is 2.63. The summed E-state index contributed by atoms with van der Waals surface area (Å²) in [6.45, 7) is 6.24. The molecule has 3 N–H and O–H groups in total. The van der Waals surface area contributed by atoms with Crippen molar-refractivity contribution in [3.8, 4) is 0 Å². The molecule has 16 heavy (non-hydrogen) atoms. The number of nitrogens with one attached hydrogen (secondary N) is 3. The van der Waals surface area contributed by atoms with E-state index < -0.39 is 0 Å². The highest BCUT2D eigenvalue weighted by Crippen LogP contribution is 2.15. The molecule has 1 amide bonds. The van der Waals surface area contributed by atoms with Crippen LogP contribution in [-0.4, -0.2) is 38.1 Å². The minimum absolute atomic E-state index is 0.0311. The number of carbonyl (C=O) groups is 1. The molecule has 0 aromatic carbocycles.